The molecule has 0 bridgehead atoms. The Bertz CT molecular complexity index is 590. The number of nitrogens with one attached hydrogen (secondary N) is 1. The lowest BCUT2D eigenvalue weighted by molar-refractivity contribution is 1.14. The molecule has 0 aromatic heterocycles. The SMILES string of the molecule is CCc1ccc(NC(=S)N(C)c2cccc(C)c2)cc1. The average Bonchev–Trinajstić information content (AvgIpc) is 2.47. The summed E-state index contributed by atoms with van der Waals surface area (Å²) in [5, 5.41) is 3.96. The van der Waals surface area contributed by atoms with E-state index in [9.17, 15) is 0 Å². The fourth-order valence-electron chi connectivity index (χ4n) is 1.98. The van der Waals surface area contributed by atoms with Gasteiger partial charge in [-0.1, -0.05) is 31.2 Å². The van der Waals surface area contributed by atoms with E-state index in [0.717, 1.165) is 17.8 Å². The van der Waals surface area contributed by atoms with Gasteiger partial charge in [0, 0.05) is 18.4 Å². The lowest BCUT2D eigenvalue weighted by Crippen LogP contribution is -2.30. The molecule has 0 saturated heterocycles. The Balaban J connectivity index is 2.07. The van der Waals surface area contributed by atoms with Gasteiger partial charge in [0.1, 0.15) is 0 Å². The normalized spacial score (nSPS) is 10.2. The van der Waals surface area contributed by atoms with Crippen LogP contribution in [0.5, 0.6) is 0 Å². The first kappa shape index (κ1) is 14.5. The Morgan fingerprint density at radius 1 is 1.15 bits per heavy atom. The van der Waals surface area contributed by atoms with Crippen molar-refractivity contribution in [3.8, 4) is 0 Å². The molecule has 0 aliphatic heterocycles. The van der Waals surface area contributed by atoms with Gasteiger partial charge in [0.2, 0.25) is 0 Å². The Hall–Kier alpha value is -1.87. The van der Waals surface area contributed by atoms with E-state index in [4.69, 9.17) is 12.2 Å². The Morgan fingerprint density at radius 3 is 2.45 bits per heavy atom. The van der Waals surface area contributed by atoms with E-state index in [1.54, 1.807) is 0 Å². The van der Waals surface area contributed by atoms with Gasteiger partial charge in [-0.2, -0.15) is 0 Å². The van der Waals surface area contributed by atoms with Gasteiger partial charge in [-0.05, 0) is 61.0 Å². The van der Waals surface area contributed by atoms with E-state index in [1.807, 2.05) is 18.0 Å². The number of anilines is 2. The maximum Gasteiger partial charge on any atom is 0.177 e. The third kappa shape index (κ3) is 3.58. The predicted octanol–water partition coefficient (Wildman–Crippen LogP) is 4.39. The number of aryl methyl sites for hydroxylation is 2. The lowest BCUT2D eigenvalue weighted by Gasteiger charge is -2.21. The number of thiocarbonyl (C=S) groups is 1. The summed E-state index contributed by atoms with van der Waals surface area (Å²) in [6.45, 7) is 4.23. The quantitative estimate of drug-likeness (QED) is 0.842. The van der Waals surface area contributed by atoms with Gasteiger partial charge >= 0.3 is 0 Å². The van der Waals surface area contributed by atoms with Crippen LogP contribution in [-0.2, 0) is 6.42 Å². The third-order valence-corrected chi connectivity index (χ3v) is 3.68. The Labute approximate surface area is 126 Å². The molecule has 2 aromatic carbocycles. The third-order valence-electron chi connectivity index (χ3n) is 3.31. The van der Waals surface area contributed by atoms with Crippen LogP contribution >= 0.6 is 12.2 Å². The van der Waals surface area contributed by atoms with Crippen molar-refractivity contribution in [2.75, 3.05) is 17.3 Å². The highest BCUT2D eigenvalue weighted by atomic mass is 32.1. The number of rotatable bonds is 3. The first-order valence-corrected chi connectivity index (χ1v) is 7.21. The Morgan fingerprint density at radius 2 is 1.85 bits per heavy atom. The molecule has 0 saturated carbocycles. The summed E-state index contributed by atoms with van der Waals surface area (Å²) in [5.41, 5.74) is 4.66. The molecule has 1 N–H and O–H groups in total. The van der Waals surface area contributed by atoms with Gasteiger partial charge in [0.05, 0.1) is 0 Å². The molecule has 0 radical (unpaired) electrons. The first-order valence-electron chi connectivity index (χ1n) is 6.80. The summed E-state index contributed by atoms with van der Waals surface area (Å²) in [4.78, 5) is 1.98. The highest BCUT2D eigenvalue weighted by Gasteiger charge is 2.07. The fraction of sp³-hybridized carbons (Fsp3) is 0.235. The zero-order valence-electron chi connectivity index (χ0n) is 12.2. The van der Waals surface area contributed by atoms with Gasteiger partial charge in [0.25, 0.3) is 0 Å². The van der Waals surface area contributed by atoms with Crippen LogP contribution in [0.25, 0.3) is 0 Å². The number of benzene rings is 2. The molecule has 0 amide bonds. The number of hydrogen-bond donors (Lipinski definition) is 1. The minimum atomic E-state index is 0.694. The monoisotopic (exact) mass is 284 g/mol. The van der Waals surface area contributed by atoms with Crippen LogP contribution < -0.4 is 10.2 Å². The van der Waals surface area contributed by atoms with Gasteiger partial charge in [0.15, 0.2) is 5.11 Å². The van der Waals surface area contributed by atoms with E-state index in [-0.39, 0.29) is 0 Å². The van der Waals surface area contributed by atoms with Crippen LogP contribution in [-0.4, -0.2) is 12.2 Å². The van der Waals surface area contributed by atoms with Crippen LogP contribution in [0.2, 0.25) is 0 Å². The molecule has 2 aromatic rings. The van der Waals surface area contributed by atoms with Gasteiger partial charge in [-0.15, -0.1) is 0 Å². The highest BCUT2D eigenvalue weighted by Crippen LogP contribution is 2.16. The standard InChI is InChI=1S/C17H20N2S/c1-4-14-8-10-15(11-9-14)18-17(20)19(3)16-7-5-6-13(2)12-16/h5-12H,4H2,1-3H3,(H,18,20). The summed E-state index contributed by atoms with van der Waals surface area (Å²) in [5.74, 6) is 0. The zero-order chi connectivity index (χ0) is 14.5. The van der Waals surface area contributed by atoms with Gasteiger partial charge in [-0.25, -0.2) is 0 Å². The van der Waals surface area contributed by atoms with Crippen molar-refractivity contribution in [2.45, 2.75) is 20.3 Å². The van der Waals surface area contributed by atoms with E-state index in [2.05, 4.69) is 61.6 Å². The molecule has 104 valence electrons. The molecule has 2 nitrogen and oxygen atoms in total. The molecule has 0 spiro atoms. The molecule has 0 atom stereocenters. The molecule has 0 aliphatic carbocycles. The van der Waals surface area contributed by atoms with E-state index < -0.39 is 0 Å². The summed E-state index contributed by atoms with van der Waals surface area (Å²) < 4.78 is 0. The van der Waals surface area contributed by atoms with Crippen LogP contribution in [0.1, 0.15) is 18.1 Å². The second kappa shape index (κ2) is 6.53. The van der Waals surface area contributed by atoms with Crippen LogP contribution in [0, 0.1) is 6.92 Å². The van der Waals surface area contributed by atoms with Crippen molar-refractivity contribution in [1.29, 1.82) is 0 Å². The van der Waals surface area contributed by atoms with Crippen LogP contribution in [0.4, 0.5) is 11.4 Å². The second-order valence-electron chi connectivity index (χ2n) is 4.88. The molecule has 0 unspecified atom stereocenters. The lowest BCUT2D eigenvalue weighted by atomic mass is 10.1. The summed E-state index contributed by atoms with van der Waals surface area (Å²) in [7, 11) is 1.98. The van der Waals surface area contributed by atoms with E-state index in [0.29, 0.717) is 5.11 Å². The van der Waals surface area contributed by atoms with Crippen LogP contribution in [0.3, 0.4) is 0 Å². The summed E-state index contributed by atoms with van der Waals surface area (Å²) in [6.07, 6.45) is 1.05. The minimum Gasteiger partial charge on any atom is -0.332 e. The van der Waals surface area contributed by atoms with E-state index in [1.165, 1.54) is 11.1 Å². The van der Waals surface area contributed by atoms with Crippen molar-refractivity contribution in [1.82, 2.24) is 0 Å². The molecular formula is C17H20N2S. The molecule has 0 fully saturated rings. The molecule has 0 aliphatic rings. The maximum atomic E-state index is 5.46. The molecule has 20 heavy (non-hydrogen) atoms. The fourth-order valence-corrected chi connectivity index (χ4v) is 2.21. The minimum absolute atomic E-state index is 0.694. The molecule has 2 rings (SSSR count). The van der Waals surface area contributed by atoms with Gasteiger partial charge < -0.3 is 10.2 Å². The molecular weight excluding hydrogens is 264 g/mol. The number of hydrogen-bond acceptors (Lipinski definition) is 1. The van der Waals surface area contributed by atoms with Crippen molar-refractivity contribution in [2.24, 2.45) is 0 Å². The highest BCUT2D eigenvalue weighted by molar-refractivity contribution is 7.80. The Kier molecular flexibility index (Phi) is 4.74. The van der Waals surface area contributed by atoms with Crippen LogP contribution in [0.15, 0.2) is 48.5 Å². The second-order valence-corrected chi connectivity index (χ2v) is 5.27. The first-order chi connectivity index (χ1) is 9.60. The van der Waals surface area contributed by atoms with Crippen molar-refractivity contribution < 1.29 is 0 Å². The zero-order valence-corrected chi connectivity index (χ0v) is 13.0. The number of nitrogens with zero attached hydrogens (tertiary/aromatic N) is 1. The maximum absolute atomic E-state index is 5.46. The largest absolute Gasteiger partial charge is 0.332 e. The summed E-state index contributed by atoms with van der Waals surface area (Å²) >= 11 is 5.46. The molecule has 0 heterocycles. The van der Waals surface area contributed by atoms with Crippen molar-refractivity contribution in [3.63, 3.8) is 0 Å². The van der Waals surface area contributed by atoms with E-state index >= 15 is 0 Å². The molecule has 3 heteroatoms. The smallest absolute Gasteiger partial charge is 0.177 e. The van der Waals surface area contributed by atoms with Gasteiger partial charge in [-0.3, -0.25) is 0 Å². The van der Waals surface area contributed by atoms with Crippen molar-refractivity contribution >= 4 is 28.7 Å². The average molecular weight is 284 g/mol. The summed E-state index contributed by atoms with van der Waals surface area (Å²) in [6, 6.07) is 16.7. The topological polar surface area (TPSA) is 15.3 Å². The van der Waals surface area contributed by atoms with Crippen molar-refractivity contribution in [3.05, 3.63) is 59.7 Å². The predicted molar refractivity (Wildman–Crippen MR) is 91.6 cm³/mol.